The number of carbonyl (C=O) groups is 1. The molecule has 0 radical (unpaired) electrons. The maximum Gasteiger partial charge on any atom is 0.224 e. The number of hydrogen-bond donors (Lipinski definition) is 2. The van der Waals surface area contributed by atoms with Crippen LogP contribution in [0.15, 0.2) is 34.8 Å². The topological polar surface area (TPSA) is 113 Å². The van der Waals surface area contributed by atoms with Gasteiger partial charge in [-0.2, -0.15) is 4.37 Å². The molecule has 0 saturated carbocycles. The minimum atomic E-state index is -0.251. The molecule has 1 aromatic carbocycles. The molecule has 2 aromatic heterocycles. The fourth-order valence-corrected chi connectivity index (χ4v) is 2.65. The summed E-state index contributed by atoms with van der Waals surface area (Å²) in [6, 6.07) is 2.92. The Morgan fingerprint density at radius 2 is 2.12 bits per heavy atom. The first kappa shape index (κ1) is 16.2. The molecule has 2 N–H and O–H groups in total. The lowest BCUT2D eigenvalue weighted by Crippen LogP contribution is -2.09. The number of fused-ring (bicyclic) bond motifs is 1. The molecule has 3 rings (SSSR count). The van der Waals surface area contributed by atoms with E-state index < -0.39 is 0 Å². The van der Waals surface area contributed by atoms with E-state index in [0.717, 1.165) is 11.5 Å². The number of anilines is 1. The molecule has 0 spiro atoms. The van der Waals surface area contributed by atoms with Crippen LogP contribution in [0.25, 0.3) is 11.2 Å². The number of phenolic OH excluding ortho intramolecular Hbond substituents is 1. The number of rotatable bonds is 4. The third kappa shape index (κ3) is 3.31. The van der Waals surface area contributed by atoms with Gasteiger partial charge in [-0.1, -0.05) is 18.5 Å². The van der Waals surface area contributed by atoms with Crippen LogP contribution in [0, 0.1) is 0 Å². The average Bonchev–Trinajstić information content (AvgIpc) is 3.00. The Morgan fingerprint density at radius 3 is 2.92 bits per heavy atom. The van der Waals surface area contributed by atoms with Crippen LogP contribution < -0.4 is 5.32 Å². The molecule has 0 bridgehead atoms. The van der Waals surface area contributed by atoms with Crippen molar-refractivity contribution in [2.24, 2.45) is 10.2 Å². The number of carbonyl (C=O) groups excluding carboxylic acids is 1. The van der Waals surface area contributed by atoms with E-state index in [1.165, 1.54) is 12.1 Å². The molecule has 24 heavy (non-hydrogen) atoms. The van der Waals surface area contributed by atoms with Crippen molar-refractivity contribution in [1.29, 1.82) is 0 Å². The second-order valence-corrected chi connectivity index (χ2v) is 5.80. The smallest absolute Gasteiger partial charge is 0.224 e. The van der Waals surface area contributed by atoms with Gasteiger partial charge in [0, 0.05) is 18.8 Å². The summed E-state index contributed by atoms with van der Waals surface area (Å²) in [4.78, 5) is 19.7. The van der Waals surface area contributed by atoms with Crippen LogP contribution in [0.1, 0.15) is 13.3 Å². The van der Waals surface area contributed by atoms with Crippen LogP contribution in [0.3, 0.4) is 0 Å². The van der Waals surface area contributed by atoms with Crippen molar-refractivity contribution in [3.05, 3.63) is 29.5 Å². The van der Waals surface area contributed by atoms with Gasteiger partial charge in [0.1, 0.15) is 5.52 Å². The zero-order chi connectivity index (χ0) is 17.1. The highest BCUT2D eigenvalue weighted by Gasteiger charge is 2.11. The highest BCUT2D eigenvalue weighted by Crippen LogP contribution is 2.37. The molecule has 2 heterocycles. The number of phenols is 1. The van der Waals surface area contributed by atoms with E-state index >= 15 is 0 Å². The van der Waals surface area contributed by atoms with E-state index in [2.05, 4.69) is 29.9 Å². The molecule has 10 heteroatoms. The number of nitrogens with zero attached hydrogens (tertiary/aromatic N) is 5. The summed E-state index contributed by atoms with van der Waals surface area (Å²) in [5, 5.41) is 21.2. The number of aromatic nitrogens is 3. The zero-order valence-corrected chi connectivity index (χ0v) is 14.0. The molecule has 3 aromatic rings. The van der Waals surface area contributed by atoms with Gasteiger partial charge in [0.2, 0.25) is 5.91 Å². The number of azo groups is 1. The minimum Gasteiger partial charge on any atom is -0.504 e. The standard InChI is InChI=1S/C14H11ClN6O2S/c1-2-10(22)18-9-6-7(5-8(15)12(9)23)19-20-14-11-13(21-24-14)17-4-3-16-11/h3-6,23H,2H2,1H3,(H,18,22). The van der Waals surface area contributed by atoms with E-state index in [1.807, 2.05) is 0 Å². The third-order valence-electron chi connectivity index (χ3n) is 3.00. The van der Waals surface area contributed by atoms with Crippen LogP contribution in [0.5, 0.6) is 5.75 Å². The summed E-state index contributed by atoms with van der Waals surface area (Å²) in [5.41, 5.74) is 1.60. The summed E-state index contributed by atoms with van der Waals surface area (Å²) in [6.45, 7) is 1.70. The first-order valence-corrected chi connectivity index (χ1v) is 8.04. The van der Waals surface area contributed by atoms with Crippen LogP contribution in [0.4, 0.5) is 16.4 Å². The van der Waals surface area contributed by atoms with Crippen molar-refractivity contribution in [3.63, 3.8) is 0 Å². The lowest BCUT2D eigenvalue weighted by molar-refractivity contribution is -0.115. The molecule has 1 amide bonds. The van der Waals surface area contributed by atoms with Crippen molar-refractivity contribution in [1.82, 2.24) is 14.3 Å². The van der Waals surface area contributed by atoms with Crippen molar-refractivity contribution in [3.8, 4) is 5.75 Å². The van der Waals surface area contributed by atoms with E-state index in [-0.39, 0.29) is 28.8 Å². The van der Waals surface area contributed by atoms with E-state index in [4.69, 9.17) is 11.6 Å². The number of benzene rings is 1. The quantitative estimate of drug-likeness (QED) is 0.533. The Kier molecular flexibility index (Phi) is 4.63. The second kappa shape index (κ2) is 6.85. The SMILES string of the molecule is CCC(=O)Nc1cc(N=Nc2snc3nccnc23)cc(Cl)c1O. The van der Waals surface area contributed by atoms with Gasteiger partial charge in [-0.15, -0.1) is 10.2 Å². The predicted molar refractivity (Wildman–Crippen MR) is 91.4 cm³/mol. The van der Waals surface area contributed by atoms with E-state index in [9.17, 15) is 9.90 Å². The Bertz CT molecular complexity index is 942. The zero-order valence-electron chi connectivity index (χ0n) is 12.4. The average molecular weight is 363 g/mol. The van der Waals surface area contributed by atoms with E-state index in [0.29, 0.717) is 21.9 Å². The molecule has 122 valence electrons. The van der Waals surface area contributed by atoms with Crippen LogP contribution >= 0.6 is 23.1 Å². The second-order valence-electron chi connectivity index (χ2n) is 4.64. The van der Waals surface area contributed by atoms with Crippen LogP contribution in [0.2, 0.25) is 5.02 Å². The Labute approximate surface area is 145 Å². The molecule has 0 atom stereocenters. The molecule has 0 unspecified atom stereocenters. The Balaban J connectivity index is 1.93. The Morgan fingerprint density at radius 1 is 1.33 bits per heavy atom. The van der Waals surface area contributed by atoms with Crippen LogP contribution in [-0.2, 0) is 4.79 Å². The van der Waals surface area contributed by atoms with Gasteiger partial charge in [-0.25, -0.2) is 9.97 Å². The van der Waals surface area contributed by atoms with Crippen molar-refractivity contribution >= 4 is 56.6 Å². The van der Waals surface area contributed by atoms with E-state index in [1.54, 1.807) is 19.3 Å². The number of amides is 1. The molecule has 0 aliphatic heterocycles. The predicted octanol–water partition coefficient (Wildman–Crippen LogP) is 4.21. The van der Waals surface area contributed by atoms with Gasteiger partial charge in [-0.05, 0) is 23.7 Å². The van der Waals surface area contributed by atoms with Gasteiger partial charge in [-0.3, -0.25) is 4.79 Å². The third-order valence-corrected chi connectivity index (χ3v) is 4.00. The molecule has 0 fully saturated rings. The van der Waals surface area contributed by atoms with Gasteiger partial charge < -0.3 is 10.4 Å². The number of nitrogens with one attached hydrogen (secondary N) is 1. The Hall–Kier alpha value is -2.65. The number of aromatic hydroxyl groups is 1. The monoisotopic (exact) mass is 362 g/mol. The van der Waals surface area contributed by atoms with Crippen molar-refractivity contribution in [2.75, 3.05) is 5.32 Å². The highest BCUT2D eigenvalue weighted by molar-refractivity contribution is 7.11. The molecule has 0 saturated heterocycles. The van der Waals surface area contributed by atoms with Gasteiger partial charge in [0.05, 0.1) is 16.4 Å². The molecule has 0 aliphatic rings. The lowest BCUT2D eigenvalue weighted by Gasteiger charge is -2.08. The fraction of sp³-hybridized carbons (Fsp3) is 0.143. The molecular formula is C14H11ClN6O2S. The van der Waals surface area contributed by atoms with Gasteiger partial charge >= 0.3 is 0 Å². The van der Waals surface area contributed by atoms with Crippen molar-refractivity contribution in [2.45, 2.75) is 13.3 Å². The summed E-state index contributed by atoms with van der Waals surface area (Å²) < 4.78 is 4.12. The first-order valence-electron chi connectivity index (χ1n) is 6.89. The highest BCUT2D eigenvalue weighted by atomic mass is 35.5. The summed E-state index contributed by atoms with van der Waals surface area (Å²) in [6.07, 6.45) is 3.37. The summed E-state index contributed by atoms with van der Waals surface area (Å²) >= 11 is 7.09. The lowest BCUT2D eigenvalue weighted by atomic mass is 10.2. The largest absolute Gasteiger partial charge is 0.504 e. The minimum absolute atomic E-state index is 0.0619. The normalized spacial score (nSPS) is 11.2. The maximum atomic E-state index is 11.5. The number of hydrogen-bond acceptors (Lipinski definition) is 8. The van der Waals surface area contributed by atoms with Gasteiger partial charge in [0.25, 0.3) is 0 Å². The molecule has 0 aliphatic carbocycles. The molecule has 8 nitrogen and oxygen atoms in total. The first-order chi connectivity index (χ1) is 11.6. The summed E-state index contributed by atoms with van der Waals surface area (Å²) in [5.74, 6) is -0.467. The fourth-order valence-electron chi connectivity index (χ4n) is 1.82. The number of halogens is 1. The van der Waals surface area contributed by atoms with Crippen molar-refractivity contribution < 1.29 is 9.90 Å². The summed E-state index contributed by atoms with van der Waals surface area (Å²) in [7, 11) is 0. The maximum absolute atomic E-state index is 11.5. The van der Waals surface area contributed by atoms with Crippen LogP contribution in [-0.4, -0.2) is 25.4 Å². The van der Waals surface area contributed by atoms with Gasteiger partial charge in [0.15, 0.2) is 16.4 Å². The molecular weight excluding hydrogens is 352 g/mol.